The molecule has 4 heterocycles. The minimum absolute atomic E-state index is 0.0357. The van der Waals surface area contributed by atoms with Gasteiger partial charge in [0, 0.05) is 24.0 Å². The summed E-state index contributed by atoms with van der Waals surface area (Å²) in [5, 5.41) is 13.3. The largest absolute Gasteiger partial charge is 0.474 e. The Balaban J connectivity index is 1.75. The average Bonchev–Trinajstić information content (AvgIpc) is 2.96. The van der Waals surface area contributed by atoms with Gasteiger partial charge in [-0.05, 0) is 18.2 Å². The molecule has 4 aromatic rings. The van der Waals surface area contributed by atoms with E-state index in [-0.39, 0.29) is 23.9 Å². The summed E-state index contributed by atoms with van der Waals surface area (Å²) in [6.45, 7) is 0.280. The molecule has 0 aromatic carbocycles. The number of rotatable bonds is 4. The van der Waals surface area contributed by atoms with E-state index in [0.29, 0.717) is 5.65 Å². The molecule has 0 aliphatic heterocycles. The van der Waals surface area contributed by atoms with E-state index in [0.717, 1.165) is 11.8 Å². The zero-order chi connectivity index (χ0) is 18.8. The quantitative estimate of drug-likeness (QED) is 0.535. The van der Waals surface area contributed by atoms with E-state index >= 15 is 0 Å². The molecule has 0 fully saturated rings. The molecule has 27 heavy (non-hydrogen) atoms. The molecule has 0 radical (unpaired) electrons. The first-order valence-electron chi connectivity index (χ1n) is 8.02. The second-order valence-corrected chi connectivity index (χ2v) is 5.75. The molecule has 0 aliphatic rings. The van der Waals surface area contributed by atoms with E-state index in [9.17, 15) is 14.3 Å². The van der Waals surface area contributed by atoms with Gasteiger partial charge in [0.1, 0.15) is 24.5 Å². The predicted octanol–water partition coefficient (Wildman–Crippen LogP) is 1.56. The van der Waals surface area contributed by atoms with Gasteiger partial charge in [0.2, 0.25) is 0 Å². The van der Waals surface area contributed by atoms with E-state index in [1.807, 2.05) is 0 Å². The first-order valence-corrected chi connectivity index (χ1v) is 8.02. The zero-order valence-electron chi connectivity index (χ0n) is 14.0. The Morgan fingerprint density at radius 1 is 1.19 bits per heavy atom. The summed E-state index contributed by atoms with van der Waals surface area (Å²) < 4.78 is 16.1. The van der Waals surface area contributed by atoms with Crippen LogP contribution in [-0.2, 0) is 6.54 Å². The van der Waals surface area contributed by atoms with Gasteiger partial charge in [-0.3, -0.25) is 4.79 Å². The number of imidazole rings is 1. The van der Waals surface area contributed by atoms with Crippen LogP contribution in [0.3, 0.4) is 0 Å². The number of nitrogens with one attached hydrogen (secondary N) is 1. The maximum Gasteiger partial charge on any atom is 0.337 e. The first kappa shape index (κ1) is 16.6. The summed E-state index contributed by atoms with van der Waals surface area (Å²) in [5.74, 6) is -1.12. The van der Waals surface area contributed by atoms with Crippen molar-refractivity contribution in [2.75, 3.05) is 5.32 Å². The Hall–Kier alpha value is -3.88. The van der Waals surface area contributed by atoms with Crippen LogP contribution in [0.15, 0.2) is 61.4 Å². The third kappa shape index (κ3) is 3.17. The van der Waals surface area contributed by atoms with Crippen molar-refractivity contribution in [3.8, 4) is 5.88 Å². The number of amides is 1. The van der Waals surface area contributed by atoms with Gasteiger partial charge in [0.25, 0.3) is 11.3 Å². The molecule has 134 valence electrons. The highest BCUT2D eigenvalue weighted by atomic mass is 19.1. The molecule has 0 aliphatic carbocycles. The summed E-state index contributed by atoms with van der Waals surface area (Å²) in [6, 6.07) is 7.85. The number of carbonyl (C=O) groups excluding carboxylic acids is 1. The minimum Gasteiger partial charge on any atom is -0.474 e. The van der Waals surface area contributed by atoms with E-state index < -0.39 is 11.7 Å². The van der Waals surface area contributed by atoms with Crippen LogP contribution in [0.2, 0.25) is 0 Å². The number of pyridine rings is 2. The van der Waals surface area contributed by atoms with Gasteiger partial charge in [-0.25, -0.2) is 19.3 Å². The zero-order valence-corrected chi connectivity index (χ0v) is 14.0. The molecule has 0 unspecified atom stereocenters. The lowest BCUT2D eigenvalue weighted by atomic mass is 10.3. The lowest BCUT2D eigenvalue weighted by Gasteiger charge is -2.01. The topological polar surface area (TPSA) is 96.3 Å². The van der Waals surface area contributed by atoms with Crippen LogP contribution in [-0.4, -0.2) is 30.4 Å². The van der Waals surface area contributed by atoms with Crippen LogP contribution in [0.5, 0.6) is 5.88 Å². The summed E-state index contributed by atoms with van der Waals surface area (Å²) in [4.78, 5) is 24.5. The van der Waals surface area contributed by atoms with Crippen LogP contribution in [0.25, 0.3) is 5.65 Å². The van der Waals surface area contributed by atoms with Gasteiger partial charge < -0.3 is 10.4 Å². The fourth-order valence-corrected chi connectivity index (χ4v) is 2.77. The Labute approximate surface area is 152 Å². The van der Waals surface area contributed by atoms with Crippen molar-refractivity contribution >= 4 is 17.4 Å². The van der Waals surface area contributed by atoms with Crippen molar-refractivity contribution in [2.45, 2.75) is 6.54 Å². The molecule has 8 nitrogen and oxygen atoms in total. The van der Waals surface area contributed by atoms with Gasteiger partial charge in [-0.15, -0.1) is 0 Å². The van der Waals surface area contributed by atoms with Crippen LogP contribution in [0.4, 0.5) is 10.2 Å². The number of nitrogens with zero attached hydrogens (tertiary/aromatic N) is 5. The molecule has 0 saturated carbocycles. The van der Waals surface area contributed by atoms with Crippen molar-refractivity contribution in [3.05, 3.63) is 78.5 Å². The maximum atomic E-state index is 13.0. The number of carbonyl (C=O) groups is 1. The smallest absolute Gasteiger partial charge is 0.337 e. The number of halogens is 1. The summed E-state index contributed by atoms with van der Waals surface area (Å²) in [7, 11) is 0. The number of hydrogen-bond acceptors (Lipinski definition) is 5. The summed E-state index contributed by atoms with van der Waals surface area (Å²) >= 11 is 0. The second kappa shape index (κ2) is 6.79. The van der Waals surface area contributed by atoms with E-state index in [2.05, 4.69) is 20.3 Å². The van der Waals surface area contributed by atoms with Crippen molar-refractivity contribution < 1.29 is 18.9 Å². The van der Waals surface area contributed by atoms with Crippen LogP contribution in [0.1, 0.15) is 16.1 Å². The number of aromatic nitrogens is 5. The second-order valence-electron chi connectivity index (χ2n) is 5.75. The van der Waals surface area contributed by atoms with Crippen LogP contribution in [0, 0.1) is 5.82 Å². The minimum atomic E-state index is -0.573. The molecule has 4 aromatic heterocycles. The molecule has 9 heteroatoms. The van der Waals surface area contributed by atoms with Gasteiger partial charge in [0.15, 0.2) is 0 Å². The van der Waals surface area contributed by atoms with Crippen molar-refractivity contribution in [1.29, 1.82) is 0 Å². The van der Waals surface area contributed by atoms with Crippen molar-refractivity contribution in [2.24, 2.45) is 0 Å². The number of aromatic hydroxyl groups is 1. The van der Waals surface area contributed by atoms with Gasteiger partial charge in [-0.1, -0.05) is 6.07 Å². The maximum absolute atomic E-state index is 13.0. The number of hydrogen-bond donors (Lipinski definition) is 2. The highest BCUT2D eigenvalue weighted by molar-refractivity contribution is 6.04. The molecular formula is C18H14FN6O2+. The Kier molecular flexibility index (Phi) is 4.17. The molecule has 0 saturated heterocycles. The molecular weight excluding hydrogens is 351 g/mol. The molecule has 1 amide bonds. The predicted molar refractivity (Wildman–Crippen MR) is 92.5 cm³/mol. The standard InChI is InChI=1S/C18H13FN6O2/c19-13-4-5-14(22-9-13)23-17(26)16-18(27)25(10-12-7-20-11-21-8-12)15-3-1-2-6-24(15)16/h1-9,11H,10H2,(H-,22,23,26,27)/p+1. The van der Waals surface area contributed by atoms with E-state index in [4.69, 9.17) is 0 Å². The normalized spacial score (nSPS) is 10.9. The summed E-state index contributed by atoms with van der Waals surface area (Å²) in [5.41, 5.74) is 1.41. The molecule has 0 bridgehead atoms. The monoisotopic (exact) mass is 365 g/mol. The fourth-order valence-electron chi connectivity index (χ4n) is 2.77. The fraction of sp³-hybridized carbons (Fsp3) is 0.0556. The third-order valence-corrected chi connectivity index (χ3v) is 3.96. The molecule has 4 rings (SSSR count). The lowest BCUT2D eigenvalue weighted by Crippen LogP contribution is -2.33. The third-order valence-electron chi connectivity index (χ3n) is 3.96. The molecule has 0 atom stereocenters. The highest BCUT2D eigenvalue weighted by Crippen LogP contribution is 2.19. The number of fused-ring (bicyclic) bond motifs is 1. The SMILES string of the molecule is O=C(Nc1ccc(F)cn1)c1c(O)[n+](Cc2cncnc2)c2ccccn12. The molecule has 0 spiro atoms. The van der Waals surface area contributed by atoms with Gasteiger partial charge in [-0.2, -0.15) is 8.97 Å². The average molecular weight is 365 g/mol. The Bertz CT molecular complexity index is 1110. The molecule has 2 N–H and O–H groups in total. The van der Waals surface area contributed by atoms with Crippen molar-refractivity contribution in [1.82, 2.24) is 19.4 Å². The highest BCUT2D eigenvalue weighted by Gasteiger charge is 2.31. The van der Waals surface area contributed by atoms with Crippen molar-refractivity contribution in [3.63, 3.8) is 0 Å². The summed E-state index contributed by atoms with van der Waals surface area (Å²) in [6.07, 6.45) is 7.35. The van der Waals surface area contributed by atoms with Crippen LogP contribution < -0.4 is 9.88 Å². The Morgan fingerprint density at radius 3 is 2.74 bits per heavy atom. The number of anilines is 1. The Morgan fingerprint density at radius 2 is 2.00 bits per heavy atom. The van der Waals surface area contributed by atoms with E-state index in [1.54, 1.807) is 45.8 Å². The first-order chi connectivity index (χ1) is 13.1. The lowest BCUT2D eigenvalue weighted by molar-refractivity contribution is -0.668. The van der Waals surface area contributed by atoms with Crippen LogP contribution >= 0.6 is 0 Å². The van der Waals surface area contributed by atoms with Gasteiger partial charge >= 0.3 is 11.8 Å². The van der Waals surface area contributed by atoms with Gasteiger partial charge in [0.05, 0.1) is 12.4 Å². The van der Waals surface area contributed by atoms with E-state index in [1.165, 1.54) is 18.5 Å².